The number of nitrogens with zero attached hydrogens (tertiary/aromatic N) is 2. The summed E-state index contributed by atoms with van der Waals surface area (Å²) in [4.78, 5) is 5.80. The van der Waals surface area contributed by atoms with Crippen molar-refractivity contribution < 1.29 is 22.6 Å². The van der Waals surface area contributed by atoms with Gasteiger partial charge in [-0.05, 0) is 30.7 Å². The zero-order valence-electron chi connectivity index (χ0n) is 17.5. The molecule has 164 valence electrons. The average Bonchev–Trinajstić information content (AvgIpc) is 2.69. The van der Waals surface area contributed by atoms with E-state index in [1.54, 1.807) is 57.2 Å². The monoisotopic (exact) mass is 424 g/mol. The van der Waals surface area contributed by atoms with Gasteiger partial charge in [-0.25, -0.2) is 4.39 Å². The van der Waals surface area contributed by atoms with Crippen LogP contribution in [-0.2, 0) is 13.1 Å². The van der Waals surface area contributed by atoms with E-state index in [1.165, 1.54) is 6.07 Å². The molecule has 0 bridgehead atoms. The van der Waals surface area contributed by atoms with Gasteiger partial charge in [0.2, 0.25) is 0 Å². The summed E-state index contributed by atoms with van der Waals surface area (Å²) in [5.41, 5.74) is 1.73. The first-order chi connectivity index (χ1) is 14.3. The number of benzene rings is 2. The van der Waals surface area contributed by atoms with Gasteiger partial charge in [-0.3, -0.25) is 4.99 Å². The predicted octanol–water partition coefficient (Wildman–Crippen LogP) is 3.76. The largest absolute Gasteiger partial charge is 0.490 e. The van der Waals surface area contributed by atoms with Crippen LogP contribution in [0, 0.1) is 5.82 Å². The van der Waals surface area contributed by atoms with E-state index in [-0.39, 0.29) is 23.9 Å². The lowest BCUT2D eigenvalue weighted by Gasteiger charge is -2.17. The Kier molecular flexibility index (Phi) is 8.64. The molecule has 0 saturated heterocycles. The van der Waals surface area contributed by atoms with Crippen LogP contribution in [0.1, 0.15) is 18.1 Å². The minimum atomic E-state index is -2.97. The summed E-state index contributed by atoms with van der Waals surface area (Å²) < 4.78 is 49.8. The molecular weight excluding hydrogens is 397 g/mol. The molecule has 6 nitrogen and oxygen atoms in total. The minimum absolute atomic E-state index is 0.0151. The maximum absolute atomic E-state index is 14.1. The van der Waals surface area contributed by atoms with Gasteiger partial charge in [-0.15, -0.1) is 0 Å². The zero-order valence-corrected chi connectivity index (χ0v) is 17.5. The van der Waals surface area contributed by atoms with Crippen LogP contribution in [-0.4, -0.2) is 40.3 Å². The molecule has 0 aliphatic rings. The molecule has 2 N–H and O–H groups in total. The van der Waals surface area contributed by atoms with Gasteiger partial charge in [0.05, 0.1) is 12.3 Å². The molecule has 0 aromatic heterocycles. The lowest BCUT2D eigenvalue weighted by molar-refractivity contribution is -0.0520. The van der Waals surface area contributed by atoms with Crippen molar-refractivity contribution in [2.45, 2.75) is 26.6 Å². The number of para-hydroxylation sites is 1. The fourth-order valence-electron chi connectivity index (χ4n) is 2.80. The summed E-state index contributed by atoms with van der Waals surface area (Å²) in [7, 11) is 5.13. The number of hydrogen-bond acceptors (Lipinski definition) is 4. The van der Waals surface area contributed by atoms with E-state index in [9.17, 15) is 13.2 Å². The molecule has 30 heavy (non-hydrogen) atoms. The van der Waals surface area contributed by atoms with Crippen molar-refractivity contribution in [1.82, 2.24) is 10.6 Å². The lowest BCUT2D eigenvalue weighted by atomic mass is 10.2. The second-order valence-corrected chi connectivity index (χ2v) is 6.52. The van der Waals surface area contributed by atoms with Gasteiger partial charge < -0.3 is 25.0 Å². The molecule has 2 aromatic carbocycles. The van der Waals surface area contributed by atoms with Gasteiger partial charge in [0.25, 0.3) is 0 Å². The molecule has 2 rings (SSSR count). The number of rotatable bonds is 9. The lowest BCUT2D eigenvalue weighted by Crippen LogP contribution is -2.36. The van der Waals surface area contributed by atoms with Gasteiger partial charge in [0.15, 0.2) is 17.5 Å². The van der Waals surface area contributed by atoms with Crippen LogP contribution in [0.15, 0.2) is 41.4 Å². The van der Waals surface area contributed by atoms with Crippen molar-refractivity contribution in [3.05, 3.63) is 53.3 Å². The zero-order chi connectivity index (χ0) is 22.1. The molecule has 0 amide bonds. The van der Waals surface area contributed by atoms with Crippen LogP contribution < -0.4 is 25.0 Å². The summed E-state index contributed by atoms with van der Waals surface area (Å²) in [6, 6.07) is 9.91. The molecule has 0 fully saturated rings. The number of anilines is 1. The summed E-state index contributed by atoms with van der Waals surface area (Å²) in [5, 5.41) is 6.11. The topological polar surface area (TPSA) is 58.1 Å². The Bertz CT molecular complexity index is 860. The number of hydrogen-bond donors (Lipinski definition) is 2. The second-order valence-electron chi connectivity index (χ2n) is 6.52. The van der Waals surface area contributed by atoms with Crippen molar-refractivity contribution in [2.24, 2.45) is 4.99 Å². The summed E-state index contributed by atoms with van der Waals surface area (Å²) in [6.07, 6.45) is 0. The molecule has 0 aliphatic carbocycles. The number of nitrogens with one attached hydrogen (secondary N) is 2. The molecular formula is C21H27F3N4O2. The summed E-state index contributed by atoms with van der Waals surface area (Å²) >= 11 is 0. The normalized spacial score (nSPS) is 11.4. The SMILES string of the molecule is CCOc1cccc(CNC(=NC)NCc2ccc(N(C)C)c(F)c2)c1OC(F)F. The van der Waals surface area contributed by atoms with E-state index in [1.807, 2.05) is 6.07 Å². The Balaban J connectivity index is 2.04. The Morgan fingerprint density at radius 3 is 2.47 bits per heavy atom. The van der Waals surface area contributed by atoms with Crippen molar-refractivity contribution >= 4 is 11.6 Å². The highest BCUT2D eigenvalue weighted by Gasteiger charge is 2.16. The van der Waals surface area contributed by atoms with Crippen molar-refractivity contribution in [1.29, 1.82) is 0 Å². The van der Waals surface area contributed by atoms with E-state index < -0.39 is 6.61 Å². The Labute approximate surface area is 174 Å². The Morgan fingerprint density at radius 2 is 1.87 bits per heavy atom. The van der Waals surface area contributed by atoms with Gasteiger partial charge in [0.1, 0.15) is 5.82 Å². The number of alkyl halides is 2. The molecule has 0 radical (unpaired) electrons. The minimum Gasteiger partial charge on any atom is -0.490 e. The second kappa shape index (κ2) is 11.2. The van der Waals surface area contributed by atoms with E-state index in [0.29, 0.717) is 30.4 Å². The molecule has 0 aliphatic heterocycles. The van der Waals surface area contributed by atoms with E-state index in [0.717, 1.165) is 5.56 Å². The van der Waals surface area contributed by atoms with Crippen molar-refractivity contribution in [2.75, 3.05) is 32.6 Å². The molecule has 2 aromatic rings. The van der Waals surface area contributed by atoms with Gasteiger partial charge >= 0.3 is 6.61 Å². The van der Waals surface area contributed by atoms with Gasteiger partial charge in [-0.2, -0.15) is 8.78 Å². The van der Waals surface area contributed by atoms with E-state index >= 15 is 0 Å². The molecule has 0 heterocycles. The average molecular weight is 424 g/mol. The van der Waals surface area contributed by atoms with Crippen LogP contribution in [0.4, 0.5) is 18.9 Å². The molecule has 0 unspecified atom stereocenters. The number of halogens is 3. The number of ether oxygens (including phenoxy) is 2. The standard InChI is InChI=1S/C21H27F3N4O2/c1-5-29-18-8-6-7-15(19(18)30-20(23)24)13-27-21(25-2)26-12-14-9-10-17(28(3)4)16(22)11-14/h6-11,20H,5,12-13H2,1-4H3,(H2,25,26,27). The molecule has 9 heteroatoms. The summed E-state index contributed by atoms with van der Waals surface area (Å²) in [6.45, 7) is -0.373. The highest BCUT2D eigenvalue weighted by molar-refractivity contribution is 5.79. The first kappa shape index (κ1) is 23.2. The number of aliphatic imine (C=N–C) groups is 1. The predicted molar refractivity (Wildman–Crippen MR) is 112 cm³/mol. The van der Waals surface area contributed by atoms with Gasteiger partial charge in [0, 0.05) is 39.8 Å². The third kappa shape index (κ3) is 6.47. The van der Waals surface area contributed by atoms with Crippen LogP contribution in [0.3, 0.4) is 0 Å². The highest BCUT2D eigenvalue weighted by atomic mass is 19.3. The maximum Gasteiger partial charge on any atom is 0.387 e. The Hall–Kier alpha value is -3.10. The quantitative estimate of drug-likeness (QED) is 0.474. The first-order valence-electron chi connectivity index (χ1n) is 9.45. The third-order valence-electron chi connectivity index (χ3n) is 4.19. The van der Waals surface area contributed by atoms with Crippen LogP contribution >= 0.6 is 0 Å². The Morgan fingerprint density at radius 1 is 1.13 bits per heavy atom. The fraction of sp³-hybridized carbons (Fsp3) is 0.381. The molecule has 0 saturated carbocycles. The number of guanidine groups is 1. The fourth-order valence-corrected chi connectivity index (χ4v) is 2.80. The van der Waals surface area contributed by atoms with Crippen LogP contribution in [0.2, 0.25) is 0 Å². The van der Waals surface area contributed by atoms with E-state index in [4.69, 9.17) is 4.74 Å². The maximum atomic E-state index is 14.1. The van der Waals surface area contributed by atoms with Crippen LogP contribution in [0.5, 0.6) is 11.5 Å². The van der Waals surface area contributed by atoms with Gasteiger partial charge in [-0.1, -0.05) is 18.2 Å². The molecule has 0 atom stereocenters. The van der Waals surface area contributed by atoms with Crippen molar-refractivity contribution in [3.63, 3.8) is 0 Å². The van der Waals surface area contributed by atoms with Crippen molar-refractivity contribution in [3.8, 4) is 11.5 Å². The van der Waals surface area contributed by atoms with E-state index in [2.05, 4.69) is 20.4 Å². The molecule has 0 spiro atoms. The third-order valence-corrected chi connectivity index (χ3v) is 4.19. The smallest absolute Gasteiger partial charge is 0.387 e. The highest BCUT2D eigenvalue weighted by Crippen LogP contribution is 2.32. The first-order valence-corrected chi connectivity index (χ1v) is 9.45. The summed E-state index contributed by atoms with van der Waals surface area (Å²) in [5.74, 6) is 0.343. The van der Waals surface area contributed by atoms with Crippen LogP contribution in [0.25, 0.3) is 0 Å².